The van der Waals surface area contributed by atoms with Crippen molar-refractivity contribution < 1.29 is 78.9 Å². The summed E-state index contributed by atoms with van der Waals surface area (Å²) in [5, 5.41) is 0. The van der Waals surface area contributed by atoms with E-state index in [1.807, 2.05) is 0 Å². The number of halogens is 12. The maximum Gasteiger partial charge on any atom is 0.677 e. The Morgan fingerprint density at radius 3 is 0.492 bits per heavy atom. The van der Waals surface area contributed by atoms with E-state index in [0.717, 1.165) is 37.2 Å². The van der Waals surface area contributed by atoms with E-state index in [9.17, 15) is 0 Å². The lowest BCUT2D eigenvalue weighted by Gasteiger charge is -2.35. The molecular formula is C90H60B6F12N15O6P3. The molecule has 0 saturated heterocycles. The van der Waals surface area contributed by atoms with Crippen LogP contribution in [0.2, 0.25) is 0 Å². The van der Waals surface area contributed by atoms with E-state index in [0.29, 0.717) is 26.9 Å². The highest BCUT2D eigenvalue weighted by molar-refractivity contribution is 7.79. The van der Waals surface area contributed by atoms with Gasteiger partial charge in [-0.05, 0) is 219 Å². The zero-order chi connectivity index (χ0) is 90.8. The molecule has 0 saturated carbocycles. The molecule has 0 amide bonds. The second-order valence-electron chi connectivity index (χ2n) is 29.1. The van der Waals surface area contributed by atoms with E-state index >= 15 is 51.8 Å². The lowest BCUT2D eigenvalue weighted by atomic mass is 9.98. The highest BCUT2D eigenvalue weighted by atomic mass is 31.3. The standard InChI is InChI=1S/C90H60B6F12N15O6P3/c97-91(98)118-55-19-37-73(118)85(67-31-13-49-109-67)61-25-1-7-43-79(61)124-130(125-80-44-8-2-26-62(80)86(68-32-14-50-110-68)74-38-20-56-119(74)92(99)100)115-131(126-81-45-9-3-27-63(81)87(69-33-15-51-111-69)75-39-21-57-120(75)93(101)102,127-82-46-10-4-28-64(82)88(70-34-16-52-112-70)76-40-22-58-121(76)94(103)104)117-132(116-130,128-83-47-11-5-29-65(83)89(71-35-17-53-113-71)77-41-23-59-122(77)95(105)106)129-84-48-12-6-30-66(84)90(72-36-18-54-114-72)78-42-24-60-123(78)96(107)108/h1-60H. The molecule has 6 aromatic carbocycles. The Bertz CT molecular complexity index is 6250. The number of aliphatic imine (C=N–C) groups is 6. The summed E-state index contributed by atoms with van der Waals surface area (Å²) >= 11 is 0. The third-order valence-electron chi connectivity index (χ3n) is 21.3. The van der Waals surface area contributed by atoms with E-state index in [2.05, 4.69) is 30.0 Å². The lowest BCUT2D eigenvalue weighted by Crippen LogP contribution is -2.17. The van der Waals surface area contributed by atoms with Crippen LogP contribution in [0.15, 0.2) is 406 Å². The van der Waals surface area contributed by atoms with E-state index in [1.54, 1.807) is 109 Å². The molecule has 0 radical (unpaired) electrons. The molecule has 0 atom stereocenters. The molecule has 0 aliphatic carbocycles. The maximum atomic E-state index is 16.0. The van der Waals surface area contributed by atoms with Crippen molar-refractivity contribution >= 4 is 138 Å². The lowest BCUT2D eigenvalue weighted by molar-refractivity contribution is 0.441. The largest absolute Gasteiger partial charge is 0.677 e. The fraction of sp³-hybridized carbons (Fsp3) is 0. The van der Waals surface area contributed by atoms with Crippen LogP contribution in [0.1, 0.15) is 67.5 Å². The quantitative estimate of drug-likeness (QED) is 0.0244. The Kier molecular flexibility index (Phi) is 24.1. The molecule has 648 valence electrons. The van der Waals surface area contributed by atoms with Crippen molar-refractivity contribution in [1.82, 2.24) is 26.9 Å². The molecule has 7 aliphatic rings. The Labute approximate surface area is 748 Å². The molecule has 132 heavy (non-hydrogen) atoms. The van der Waals surface area contributed by atoms with Crippen LogP contribution in [0, 0.1) is 0 Å². The van der Waals surface area contributed by atoms with Gasteiger partial charge in [0, 0.05) is 138 Å². The van der Waals surface area contributed by atoms with Crippen molar-refractivity contribution in [2.24, 2.45) is 43.5 Å². The summed E-state index contributed by atoms with van der Waals surface area (Å²) in [6.07, 6.45) is 34.1. The molecule has 6 aromatic heterocycles. The molecule has 7 aliphatic heterocycles. The second-order valence-corrected chi connectivity index (χ2v) is 35.3. The number of aromatic nitrogens is 6. The van der Waals surface area contributed by atoms with Gasteiger partial charge >= 0.3 is 67.4 Å². The van der Waals surface area contributed by atoms with Gasteiger partial charge in [-0.25, -0.2) is 0 Å². The molecule has 0 N–H and O–H groups in total. The minimum absolute atomic E-state index is 0.0226. The highest BCUT2D eigenvalue weighted by Gasteiger charge is 2.52. The van der Waals surface area contributed by atoms with Gasteiger partial charge in [-0.2, -0.15) is 0 Å². The van der Waals surface area contributed by atoms with Crippen LogP contribution >= 0.6 is 23.0 Å². The van der Waals surface area contributed by atoms with Crippen molar-refractivity contribution in [3.05, 3.63) is 430 Å². The summed E-state index contributed by atoms with van der Waals surface area (Å²) in [5.41, 5.74) is -0.729. The van der Waals surface area contributed by atoms with Gasteiger partial charge in [0.25, 0.3) is 0 Å². The fourth-order valence-corrected chi connectivity index (χ4v) is 25.0. The second kappa shape index (κ2) is 36.8. The Balaban J connectivity index is 1.02. The van der Waals surface area contributed by atoms with Gasteiger partial charge in [0.1, 0.15) is 34.5 Å². The summed E-state index contributed by atoms with van der Waals surface area (Å²) in [6.45, 7) is 0. The van der Waals surface area contributed by atoms with Crippen molar-refractivity contribution in [3.63, 3.8) is 0 Å². The van der Waals surface area contributed by atoms with Gasteiger partial charge < -0.3 is 54.0 Å². The van der Waals surface area contributed by atoms with Crippen molar-refractivity contribution in [3.8, 4) is 34.5 Å². The summed E-state index contributed by atoms with van der Waals surface area (Å²) in [5.74, 6) is -2.10. The summed E-state index contributed by atoms with van der Waals surface area (Å²) in [7, 11) is -36.8. The SMILES string of the molecule is FB(F)n1cccc1C(=C1C=CC=N1)c1ccccc1OP1(Oc2ccccc2C(=C2C=CC=N2)c2cccn2B(F)F)=NP(Oc2ccccc2C(=C2C=CC=N2)c2cccn2B(F)F)(Oc2ccccc2C(=C2C=CC=N2)c2cccn2B(F)F)=NP(Oc2ccccc2C(=C2C=CC=N2)c2cccn2B(F)F)(Oc2ccccc2C(=C2C=CC=N2)c2cccn2B(F)F)=N1. The normalized spacial score (nSPS) is 19.8. The van der Waals surface area contributed by atoms with E-state index < -0.39 is 67.4 Å². The van der Waals surface area contributed by atoms with Crippen LogP contribution in [-0.4, -0.2) is 109 Å². The number of nitrogens with zero attached hydrogens (tertiary/aromatic N) is 15. The molecule has 19 rings (SSSR count). The average molecular weight is 1830 g/mol. The van der Waals surface area contributed by atoms with E-state index in [4.69, 9.17) is 40.7 Å². The van der Waals surface area contributed by atoms with Crippen LogP contribution in [0.25, 0.3) is 33.4 Å². The van der Waals surface area contributed by atoms with Crippen LogP contribution in [-0.2, 0) is 0 Å². The van der Waals surface area contributed by atoms with Gasteiger partial charge in [0.2, 0.25) is 0 Å². The number of para-hydroxylation sites is 6. The highest BCUT2D eigenvalue weighted by Crippen LogP contribution is 2.80. The van der Waals surface area contributed by atoms with Gasteiger partial charge in [-0.15, -0.1) is 0 Å². The Morgan fingerprint density at radius 2 is 0.356 bits per heavy atom. The molecular weight excluding hydrogens is 1770 g/mol. The minimum Gasteiger partial charge on any atom is -0.413 e. The summed E-state index contributed by atoms with van der Waals surface area (Å²) in [4.78, 5) is 28.1. The molecule has 0 spiro atoms. The zero-order valence-corrected chi connectivity index (χ0v) is 70.8. The monoisotopic (exact) mass is 1830 g/mol. The average Bonchev–Trinajstić information content (AvgIpc) is 0.824. The van der Waals surface area contributed by atoms with Crippen molar-refractivity contribution in [2.75, 3.05) is 0 Å². The number of rotatable bonds is 30. The van der Waals surface area contributed by atoms with E-state index in [1.165, 1.54) is 219 Å². The third kappa shape index (κ3) is 16.9. The Hall–Kier alpha value is -15.1. The van der Waals surface area contributed by atoms with Crippen LogP contribution in [0.5, 0.6) is 34.5 Å². The molecule has 13 heterocycles. The first-order valence-corrected chi connectivity index (χ1v) is 45.0. The fourth-order valence-electron chi connectivity index (χ4n) is 15.8. The molecule has 0 bridgehead atoms. The zero-order valence-electron chi connectivity index (χ0n) is 68.1. The van der Waals surface area contributed by atoms with Crippen molar-refractivity contribution in [2.45, 2.75) is 0 Å². The predicted octanol–water partition coefficient (Wildman–Crippen LogP) is 24.2. The number of hydrogen-bond acceptors (Lipinski definition) is 15. The topological polar surface area (TPSA) is 196 Å². The third-order valence-corrected chi connectivity index (χ3v) is 29.3. The molecule has 0 unspecified atom stereocenters. The summed E-state index contributed by atoms with van der Waals surface area (Å²) < 4.78 is 261. The molecule has 21 nitrogen and oxygen atoms in total. The van der Waals surface area contributed by atoms with Gasteiger partial charge in [0.15, 0.2) is 0 Å². The minimum atomic E-state index is -5.86. The predicted molar refractivity (Wildman–Crippen MR) is 499 cm³/mol. The number of allylic oxidation sites excluding steroid dienone is 12. The first-order chi connectivity index (χ1) is 64.3. The Morgan fingerprint density at radius 1 is 0.205 bits per heavy atom. The van der Waals surface area contributed by atoms with Gasteiger partial charge in [0.05, 0.1) is 34.2 Å². The van der Waals surface area contributed by atoms with Gasteiger partial charge in [-0.1, -0.05) is 123 Å². The molecule has 12 aromatic rings. The molecule has 0 fully saturated rings. The van der Waals surface area contributed by atoms with Gasteiger partial charge in [-0.3, -0.25) is 81.7 Å². The summed E-state index contributed by atoms with van der Waals surface area (Å²) in [6, 6.07) is 52.8. The maximum absolute atomic E-state index is 16.0. The van der Waals surface area contributed by atoms with Crippen molar-refractivity contribution in [1.29, 1.82) is 0 Å². The van der Waals surface area contributed by atoms with E-state index in [-0.39, 0.29) is 170 Å². The van der Waals surface area contributed by atoms with Crippen LogP contribution in [0.3, 0.4) is 0 Å². The number of benzene rings is 6. The van der Waals surface area contributed by atoms with Crippen LogP contribution < -0.4 is 27.1 Å². The number of hydrogen-bond donors (Lipinski definition) is 0. The molecule has 42 heteroatoms. The van der Waals surface area contributed by atoms with Crippen LogP contribution in [0.4, 0.5) is 51.8 Å². The smallest absolute Gasteiger partial charge is 0.413 e. The first-order valence-electron chi connectivity index (χ1n) is 40.4. The first kappa shape index (κ1) is 86.3.